The van der Waals surface area contributed by atoms with Crippen molar-refractivity contribution in [1.82, 2.24) is 0 Å². The summed E-state index contributed by atoms with van der Waals surface area (Å²) in [5.41, 5.74) is 11.0. The van der Waals surface area contributed by atoms with Crippen LogP contribution in [0.3, 0.4) is 0 Å². The second-order valence-corrected chi connectivity index (χ2v) is 3.53. The van der Waals surface area contributed by atoms with Crippen LogP contribution in [0.2, 0.25) is 0 Å². The highest BCUT2D eigenvalue weighted by molar-refractivity contribution is 5.40. The second-order valence-electron chi connectivity index (χ2n) is 3.53. The molecular weight excluding hydrogens is 241 g/mol. The van der Waals surface area contributed by atoms with Crippen molar-refractivity contribution in [2.45, 2.75) is 6.18 Å². The van der Waals surface area contributed by atoms with E-state index >= 15 is 0 Å². The van der Waals surface area contributed by atoms with Gasteiger partial charge in [0.2, 0.25) is 0 Å². The van der Waals surface area contributed by atoms with Gasteiger partial charge in [-0.15, -0.1) is 0 Å². The maximum absolute atomic E-state index is 11.9. The van der Waals surface area contributed by atoms with Gasteiger partial charge >= 0.3 is 6.18 Å². The molecule has 0 amide bonds. The van der Waals surface area contributed by atoms with Gasteiger partial charge in [0.25, 0.3) is 0 Å². The zero-order valence-electron chi connectivity index (χ0n) is 9.48. The van der Waals surface area contributed by atoms with Crippen LogP contribution in [0.5, 0.6) is 0 Å². The lowest BCUT2D eigenvalue weighted by molar-refractivity contribution is -0.137. The van der Waals surface area contributed by atoms with E-state index in [1.807, 2.05) is 30.3 Å². The molecule has 5 heteroatoms. The minimum absolute atomic E-state index is 0.331. The number of hydrogen-bond donors (Lipinski definition) is 2. The summed E-state index contributed by atoms with van der Waals surface area (Å²) in [5, 5.41) is 0. The average molecular weight is 254 g/mol. The molecule has 2 nitrogen and oxygen atoms in total. The number of para-hydroxylation sites is 1. The second kappa shape index (κ2) is 5.95. The largest absolute Gasteiger partial charge is 0.416 e. The molecule has 0 saturated carbocycles. The predicted octanol–water partition coefficient (Wildman–Crippen LogP) is 3.56. The number of anilines is 2. The summed E-state index contributed by atoms with van der Waals surface area (Å²) in [5.74, 6) is 0. The van der Waals surface area contributed by atoms with Crippen LogP contribution in [-0.4, -0.2) is 0 Å². The minimum Gasteiger partial charge on any atom is -0.399 e. The Bertz CT molecular complexity index is 464. The Morgan fingerprint density at radius 3 is 1.44 bits per heavy atom. The minimum atomic E-state index is -4.27. The Balaban J connectivity index is 0.000000199. The van der Waals surface area contributed by atoms with Crippen LogP contribution in [0.25, 0.3) is 0 Å². The highest BCUT2D eigenvalue weighted by Crippen LogP contribution is 2.29. The number of halogens is 3. The van der Waals surface area contributed by atoms with E-state index in [-0.39, 0.29) is 0 Å². The van der Waals surface area contributed by atoms with Gasteiger partial charge in [-0.3, -0.25) is 0 Å². The molecule has 96 valence electrons. The lowest BCUT2D eigenvalue weighted by atomic mass is 10.2. The number of rotatable bonds is 0. The molecular formula is C13H13F3N2. The summed E-state index contributed by atoms with van der Waals surface area (Å²) in [4.78, 5) is 0. The fourth-order valence-corrected chi connectivity index (χ4v) is 1.13. The molecule has 0 unspecified atom stereocenters. The van der Waals surface area contributed by atoms with Crippen LogP contribution < -0.4 is 11.5 Å². The molecule has 0 aliphatic heterocycles. The standard InChI is InChI=1S/C7H6F3N.C6H7N/c8-7(9,10)5-1-3-6(11)4-2-5;7-6-4-2-1-3-5-6/h1-4H,11H2;1-5H,7H2. The summed E-state index contributed by atoms with van der Waals surface area (Å²) in [6.45, 7) is 0. The first-order valence-electron chi connectivity index (χ1n) is 5.13. The Morgan fingerprint density at radius 2 is 1.11 bits per heavy atom. The Labute approximate surface area is 103 Å². The maximum Gasteiger partial charge on any atom is 0.416 e. The van der Waals surface area contributed by atoms with Crippen molar-refractivity contribution in [2.24, 2.45) is 0 Å². The van der Waals surface area contributed by atoms with Crippen LogP contribution >= 0.6 is 0 Å². The van der Waals surface area contributed by atoms with E-state index in [9.17, 15) is 13.2 Å². The smallest absolute Gasteiger partial charge is 0.399 e. The first-order valence-corrected chi connectivity index (χ1v) is 5.13. The highest BCUT2D eigenvalue weighted by Gasteiger charge is 2.29. The van der Waals surface area contributed by atoms with Crippen molar-refractivity contribution in [1.29, 1.82) is 0 Å². The third kappa shape index (κ3) is 4.78. The van der Waals surface area contributed by atoms with Crippen molar-refractivity contribution in [3.63, 3.8) is 0 Å². The number of nitrogen functional groups attached to an aromatic ring is 2. The van der Waals surface area contributed by atoms with Gasteiger partial charge in [-0.25, -0.2) is 0 Å². The summed E-state index contributed by atoms with van der Waals surface area (Å²) in [6.07, 6.45) is -4.27. The maximum atomic E-state index is 11.9. The van der Waals surface area contributed by atoms with Crippen LogP contribution in [0, 0.1) is 0 Å². The molecule has 0 aliphatic rings. The van der Waals surface area contributed by atoms with Gasteiger partial charge in [-0.2, -0.15) is 13.2 Å². The van der Waals surface area contributed by atoms with E-state index in [2.05, 4.69) is 0 Å². The number of nitrogens with two attached hydrogens (primary N) is 2. The lowest BCUT2D eigenvalue weighted by Gasteiger charge is -2.05. The van der Waals surface area contributed by atoms with Crippen LogP contribution in [0.4, 0.5) is 24.5 Å². The van der Waals surface area contributed by atoms with E-state index in [0.29, 0.717) is 5.69 Å². The van der Waals surface area contributed by atoms with E-state index in [1.54, 1.807) is 0 Å². The predicted molar refractivity (Wildman–Crippen MR) is 66.7 cm³/mol. The molecule has 0 aromatic heterocycles. The van der Waals surface area contributed by atoms with Gasteiger partial charge in [0.1, 0.15) is 0 Å². The molecule has 2 aromatic carbocycles. The topological polar surface area (TPSA) is 52.0 Å². The zero-order chi connectivity index (χ0) is 13.6. The van der Waals surface area contributed by atoms with E-state index in [4.69, 9.17) is 11.5 Å². The van der Waals surface area contributed by atoms with E-state index in [0.717, 1.165) is 17.8 Å². The fourth-order valence-electron chi connectivity index (χ4n) is 1.13. The van der Waals surface area contributed by atoms with Crippen molar-refractivity contribution in [3.8, 4) is 0 Å². The molecule has 2 rings (SSSR count). The van der Waals surface area contributed by atoms with Crippen LogP contribution in [0.15, 0.2) is 54.6 Å². The van der Waals surface area contributed by atoms with E-state index < -0.39 is 11.7 Å². The molecule has 0 radical (unpaired) electrons. The Morgan fingerprint density at radius 1 is 0.667 bits per heavy atom. The quantitative estimate of drug-likeness (QED) is 0.706. The monoisotopic (exact) mass is 254 g/mol. The summed E-state index contributed by atoms with van der Waals surface area (Å²) < 4.78 is 35.6. The van der Waals surface area contributed by atoms with Gasteiger partial charge in [-0.05, 0) is 36.4 Å². The van der Waals surface area contributed by atoms with Crippen molar-refractivity contribution in [3.05, 3.63) is 60.2 Å². The van der Waals surface area contributed by atoms with Gasteiger partial charge in [0, 0.05) is 11.4 Å². The molecule has 0 saturated heterocycles. The Hall–Kier alpha value is -2.17. The van der Waals surface area contributed by atoms with Crippen LogP contribution in [0.1, 0.15) is 5.56 Å². The lowest BCUT2D eigenvalue weighted by Crippen LogP contribution is -2.04. The normalized spacial score (nSPS) is 10.4. The van der Waals surface area contributed by atoms with Gasteiger partial charge in [0.05, 0.1) is 5.56 Å². The highest BCUT2D eigenvalue weighted by atomic mass is 19.4. The van der Waals surface area contributed by atoms with Gasteiger partial charge in [0.15, 0.2) is 0 Å². The molecule has 0 fully saturated rings. The summed E-state index contributed by atoms with van der Waals surface area (Å²) in [6, 6.07) is 13.8. The molecule has 18 heavy (non-hydrogen) atoms. The molecule has 0 heterocycles. The van der Waals surface area contributed by atoms with Crippen molar-refractivity contribution < 1.29 is 13.2 Å². The molecule has 2 aromatic rings. The molecule has 0 atom stereocenters. The van der Waals surface area contributed by atoms with Gasteiger partial charge in [-0.1, -0.05) is 18.2 Å². The van der Waals surface area contributed by atoms with E-state index in [1.165, 1.54) is 12.1 Å². The van der Waals surface area contributed by atoms with Crippen LogP contribution in [-0.2, 0) is 6.18 Å². The Kier molecular flexibility index (Phi) is 4.59. The zero-order valence-corrected chi connectivity index (χ0v) is 9.48. The average Bonchev–Trinajstić information content (AvgIpc) is 2.30. The number of benzene rings is 2. The molecule has 0 bridgehead atoms. The first-order chi connectivity index (χ1) is 8.39. The molecule has 0 aliphatic carbocycles. The third-order valence-electron chi connectivity index (χ3n) is 2.04. The first kappa shape index (κ1) is 13.9. The summed E-state index contributed by atoms with van der Waals surface area (Å²) in [7, 11) is 0. The fraction of sp³-hybridized carbons (Fsp3) is 0.0769. The van der Waals surface area contributed by atoms with Crippen molar-refractivity contribution in [2.75, 3.05) is 11.5 Å². The molecule has 0 spiro atoms. The third-order valence-corrected chi connectivity index (χ3v) is 2.04. The molecule has 4 N–H and O–H groups in total. The number of hydrogen-bond acceptors (Lipinski definition) is 2. The summed E-state index contributed by atoms with van der Waals surface area (Å²) >= 11 is 0. The van der Waals surface area contributed by atoms with Crippen molar-refractivity contribution >= 4 is 11.4 Å². The van der Waals surface area contributed by atoms with Gasteiger partial charge < -0.3 is 11.5 Å². The number of alkyl halides is 3. The SMILES string of the molecule is Nc1ccc(C(F)(F)F)cc1.Nc1ccccc1.